The minimum Gasteiger partial charge on any atom is -0.391 e. The van der Waals surface area contributed by atoms with Crippen LogP contribution in [0.25, 0.3) is 0 Å². The fourth-order valence-electron chi connectivity index (χ4n) is 1.40. The van der Waals surface area contributed by atoms with Gasteiger partial charge in [-0.05, 0) is 12.1 Å². The molecule has 0 radical (unpaired) electrons. The normalized spacial score (nSPS) is 10.8. The SMILES string of the molecule is Fc1ccccc1CON=Cc1ccccc1Cl. The predicted molar refractivity (Wildman–Crippen MR) is 70.2 cm³/mol. The second-order valence-corrected chi connectivity index (χ2v) is 4.03. The van der Waals surface area contributed by atoms with Crippen LogP contribution < -0.4 is 0 Å². The van der Waals surface area contributed by atoms with Gasteiger partial charge in [0.2, 0.25) is 0 Å². The highest BCUT2D eigenvalue weighted by molar-refractivity contribution is 6.33. The maximum absolute atomic E-state index is 13.3. The Bertz CT molecular complexity index is 557. The van der Waals surface area contributed by atoms with Crippen molar-refractivity contribution >= 4 is 17.8 Å². The van der Waals surface area contributed by atoms with E-state index in [0.717, 1.165) is 5.56 Å². The van der Waals surface area contributed by atoms with Crippen LogP contribution in [0.4, 0.5) is 4.39 Å². The fourth-order valence-corrected chi connectivity index (χ4v) is 1.58. The molecule has 2 aromatic carbocycles. The summed E-state index contributed by atoms with van der Waals surface area (Å²) in [6.07, 6.45) is 1.50. The van der Waals surface area contributed by atoms with Gasteiger partial charge in [0.15, 0.2) is 0 Å². The van der Waals surface area contributed by atoms with Crippen molar-refractivity contribution in [3.8, 4) is 0 Å². The highest BCUT2D eigenvalue weighted by Crippen LogP contribution is 2.12. The molecule has 0 fully saturated rings. The molecule has 0 aromatic heterocycles. The Morgan fingerprint density at radius 3 is 2.61 bits per heavy atom. The summed E-state index contributed by atoms with van der Waals surface area (Å²) in [4.78, 5) is 5.03. The van der Waals surface area contributed by atoms with E-state index in [2.05, 4.69) is 5.16 Å². The molecule has 0 spiro atoms. The van der Waals surface area contributed by atoms with E-state index in [1.165, 1.54) is 12.3 Å². The maximum atomic E-state index is 13.3. The highest BCUT2D eigenvalue weighted by atomic mass is 35.5. The second kappa shape index (κ2) is 6.17. The Kier molecular flexibility index (Phi) is 4.31. The van der Waals surface area contributed by atoms with Gasteiger partial charge < -0.3 is 4.84 Å². The molecule has 0 aliphatic carbocycles. The van der Waals surface area contributed by atoms with E-state index >= 15 is 0 Å². The summed E-state index contributed by atoms with van der Waals surface area (Å²) in [7, 11) is 0. The van der Waals surface area contributed by atoms with Crippen LogP contribution >= 0.6 is 11.6 Å². The molecule has 18 heavy (non-hydrogen) atoms. The molecule has 0 N–H and O–H groups in total. The van der Waals surface area contributed by atoms with Crippen LogP contribution in [-0.2, 0) is 11.4 Å². The molecular weight excluding hydrogens is 253 g/mol. The molecule has 4 heteroatoms. The van der Waals surface area contributed by atoms with Crippen LogP contribution in [0, 0.1) is 5.82 Å². The molecule has 0 aliphatic rings. The van der Waals surface area contributed by atoms with Gasteiger partial charge in [-0.25, -0.2) is 4.39 Å². The average Bonchev–Trinajstić information content (AvgIpc) is 2.38. The number of halogens is 2. The van der Waals surface area contributed by atoms with Gasteiger partial charge in [-0.1, -0.05) is 53.2 Å². The Labute approximate surface area is 110 Å². The number of hydrogen-bond donors (Lipinski definition) is 0. The van der Waals surface area contributed by atoms with Crippen molar-refractivity contribution < 1.29 is 9.23 Å². The van der Waals surface area contributed by atoms with Crippen molar-refractivity contribution in [3.63, 3.8) is 0 Å². The third-order valence-electron chi connectivity index (χ3n) is 2.35. The molecule has 0 bridgehead atoms. The van der Waals surface area contributed by atoms with Crippen LogP contribution in [0.2, 0.25) is 5.02 Å². The number of oxime groups is 1. The molecule has 0 aliphatic heterocycles. The van der Waals surface area contributed by atoms with E-state index in [4.69, 9.17) is 16.4 Å². The Hall–Kier alpha value is -1.87. The van der Waals surface area contributed by atoms with Gasteiger partial charge in [0, 0.05) is 16.1 Å². The lowest BCUT2D eigenvalue weighted by Gasteiger charge is -2.01. The number of benzene rings is 2. The van der Waals surface area contributed by atoms with E-state index in [-0.39, 0.29) is 12.4 Å². The highest BCUT2D eigenvalue weighted by Gasteiger charge is 2.00. The van der Waals surface area contributed by atoms with Crippen molar-refractivity contribution in [1.29, 1.82) is 0 Å². The average molecular weight is 264 g/mol. The van der Waals surface area contributed by atoms with Gasteiger partial charge in [0.1, 0.15) is 12.4 Å². The number of rotatable bonds is 4. The molecule has 2 aromatic rings. The monoisotopic (exact) mass is 263 g/mol. The summed E-state index contributed by atoms with van der Waals surface area (Å²) in [5.41, 5.74) is 1.22. The Morgan fingerprint density at radius 2 is 1.83 bits per heavy atom. The minimum atomic E-state index is -0.301. The summed E-state index contributed by atoms with van der Waals surface area (Å²) in [6, 6.07) is 13.7. The fraction of sp³-hybridized carbons (Fsp3) is 0.0714. The Balaban J connectivity index is 1.93. The first-order chi connectivity index (χ1) is 8.77. The van der Waals surface area contributed by atoms with Crippen LogP contribution in [0.3, 0.4) is 0 Å². The van der Waals surface area contributed by atoms with Gasteiger partial charge in [-0.3, -0.25) is 0 Å². The van der Waals surface area contributed by atoms with Crippen molar-refractivity contribution in [3.05, 3.63) is 70.5 Å². The van der Waals surface area contributed by atoms with Crippen LogP contribution in [0.5, 0.6) is 0 Å². The van der Waals surface area contributed by atoms with Crippen LogP contribution in [0.15, 0.2) is 53.7 Å². The first-order valence-electron chi connectivity index (χ1n) is 5.40. The van der Waals surface area contributed by atoms with E-state index < -0.39 is 0 Å². The van der Waals surface area contributed by atoms with Gasteiger partial charge in [-0.15, -0.1) is 0 Å². The van der Waals surface area contributed by atoms with Crippen molar-refractivity contribution in [2.24, 2.45) is 5.16 Å². The summed E-state index contributed by atoms with van der Waals surface area (Å²) in [5.74, 6) is -0.301. The molecule has 0 heterocycles. The van der Waals surface area contributed by atoms with Crippen molar-refractivity contribution in [1.82, 2.24) is 0 Å². The van der Waals surface area contributed by atoms with Gasteiger partial charge in [-0.2, -0.15) is 0 Å². The molecular formula is C14H11ClFNO. The van der Waals surface area contributed by atoms with Crippen LogP contribution in [-0.4, -0.2) is 6.21 Å². The van der Waals surface area contributed by atoms with E-state index in [9.17, 15) is 4.39 Å². The predicted octanol–water partition coefficient (Wildman–Crippen LogP) is 4.03. The zero-order chi connectivity index (χ0) is 12.8. The molecule has 0 saturated heterocycles. The molecule has 0 saturated carbocycles. The molecule has 92 valence electrons. The zero-order valence-corrected chi connectivity index (χ0v) is 10.3. The molecule has 0 amide bonds. The topological polar surface area (TPSA) is 21.6 Å². The van der Waals surface area contributed by atoms with Crippen LogP contribution in [0.1, 0.15) is 11.1 Å². The smallest absolute Gasteiger partial charge is 0.145 e. The largest absolute Gasteiger partial charge is 0.391 e. The minimum absolute atomic E-state index is 0.0909. The van der Waals surface area contributed by atoms with E-state index in [1.54, 1.807) is 24.3 Å². The Morgan fingerprint density at radius 1 is 1.11 bits per heavy atom. The lowest BCUT2D eigenvalue weighted by atomic mass is 10.2. The van der Waals surface area contributed by atoms with E-state index in [0.29, 0.717) is 10.6 Å². The third-order valence-corrected chi connectivity index (χ3v) is 2.69. The third kappa shape index (κ3) is 3.31. The second-order valence-electron chi connectivity index (χ2n) is 3.62. The molecule has 2 rings (SSSR count). The molecule has 0 unspecified atom stereocenters. The lowest BCUT2D eigenvalue weighted by molar-refractivity contribution is 0.129. The van der Waals surface area contributed by atoms with Gasteiger partial charge >= 0.3 is 0 Å². The molecule has 2 nitrogen and oxygen atoms in total. The van der Waals surface area contributed by atoms with Gasteiger partial charge in [0.05, 0.1) is 6.21 Å². The van der Waals surface area contributed by atoms with E-state index in [1.807, 2.05) is 18.2 Å². The maximum Gasteiger partial charge on any atom is 0.145 e. The first kappa shape index (κ1) is 12.6. The first-order valence-corrected chi connectivity index (χ1v) is 5.78. The van der Waals surface area contributed by atoms with Crippen molar-refractivity contribution in [2.45, 2.75) is 6.61 Å². The number of nitrogens with zero attached hydrogens (tertiary/aromatic N) is 1. The quantitative estimate of drug-likeness (QED) is 0.603. The van der Waals surface area contributed by atoms with Crippen molar-refractivity contribution in [2.75, 3.05) is 0 Å². The summed E-state index contributed by atoms with van der Waals surface area (Å²) < 4.78 is 13.3. The lowest BCUT2D eigenvalue weighted by Crippen LogP contribution is -1.92. The standard InChI is InChI=1S/C14H11ClFNO/c15-13-7-3-1-5-11(13)9-17-18-10-12-6-2-4-8-14(12)16/h1-9H,10H2. The zero-order valence-electron chi connectivity index (χ0n) is 9.51. The summed E-state index contributed by atoms with van der Waals surface area (Å²) in [5, 5.41) is 4.36. The van der Waals surface area contributed by atoms with Gasteiger partial charge in [0.25, 0.3) is 0 Å². The summed E-state index contributed by atoms with van der Waals surface area (Å²) in [6.45, 7) is 0.0909. The molecule has 0 atom stereocenters. The summed E-state index contributed by atoms with van der Waals surface area (Å²) >= 11 is 5.94. The number of hydrogen-bond acceptors (Lipinski definition) is 2.